The molecule has 0 fully saturated rings. The van der Waals surface area contributed by atoms with E-state index in [0.717, 1.165) is 30.8 Å². The molecule has 0 aliphatic carbocycles. The van der Waals surface area contributed by atoms with E-state index in [-0.39, 0.29) is 18.4 Å². The van der Waals surface area contributed by atoms with Gasteiger partial charge in [-0.25, -0.2) is 0 Å². The van der Waals surface area contributed by atoms with Crippen LogP contribution in [0.2, 0.25) is 0 Å². The Balaban J connectivity index is 2.56. The van der Waals surface area contributed by atoms with Crippen LogP contribution in [-0.2, 0) is 14.9 Å². The molecule has 0 aliphatic heterocycles. The average Bonchev–Trinajstić information content (AvgIpc) is 2.44. The summed E-state index contributed by atoms with van der Waals surface area (Å²) in [5.74, 6) is 0.0405. The lowest BCUT2D eigenvalue weighted by atomic mass is 9.85. The van der Waals surface area contributed by atoms with Gasteiger partial charge in [-0.3, -0.25) is 4.79 Å². The zero-order valence-electron chi connectivity index (χ0n) is 13.2. The van der Waals surface area contributed by atoms with E-state index < -0.39 is 5.97 Å². The smallest absolute Gasteiger partial charge is 0.305 e. The molecule has 0 unspecified atom stereocenters. The van der Waals surface area contributed by atoms with Gasteiger partial charge in [0.2, 0.25) is 0 Å². The highest BCUT2D eigenvalue weighted by Gasteiger charge is 2.21. The van der Waals surface area contributed by atoms with Crippen molar-refractivity contribution in [1.29, 1.82) is 0 Å². The SMILES string of the molecule is CCCCOc1cccc(C(C)(C)COCCC(=O)O)c1. The molecule has 0 aliphatic rings. The largest absolute Gasteiger partial charge is 0.494 e. The lowest BCUT2D eigenvalue weighted by molar-refractivity contribution is -0.138. The molecule has 0 heterocycles. The van der Waals surface area contributed by atoms with Crippen LogP contribution in [0.5, 0.6) is 5.75 Å². The van der Waals surface area contributed by atoms with Crippen LogP contribution in [0.4, 0.5) is 0 Å². The second-order valence-corrected chi connectivity index (χ2v) is 5.81. The first-order chi connectivity index (χ1) is 9.95. The van der Waals surface area contributed by atoms with E-state index in [0.29, 0.717) is 6.61 Å². The number of rotatable bonds is 10. The number of ether oxygens (including phenoxy) is 2. The van der Waals surface area contributed by atoms with Gasteiger partial charge in [0.15, 0.2) is 0 Å². The number of carbonyl (C=O) groups is 1. The Labute approximate surface area is 127 Å². The third-order valence-electron chi connectivity index (χ3n) is 3.31. The molecule has 0 bridgehead atoms. The van der Waals surface area contributed by atoms with E-state index in [4.69, 9.17) is 14.6 Å². The van der Waals surface area contributed by atoms with Gasteiger partial charge in [0.25, 0.3) is 0 Å². The Bertz CT molecular complexity index is 440. The molecule has 0 aromatic heterocycles. The van der Waals surface area contributed by atoms with Crippen LogP contribution in [0.15, 0.2) is 24.3 Å². The van der Waals surface area contributed by atoms with Gasteiger partial charge >= 0.3 is 5.97 Å². The third kappa shape index (κ3) is 6.63. The molecule has 0 radical (unpaired) electrons. The summed E-state index contributed by atoms with van der Waals surface area (Å²) in [7, 11) is 0. The van der Waals surface area contributed by atoms with Gasteiger partial charge in [-0.1, -0.05) is 39.3 Å². The Morgan fingerprint density at radius 2 is 2.05 bits per heavy atom. The van der Waals surface area contributed by atoms with E-state index in [9.17, 15) is 4.79 Å². The van der Waals surface area contributed by atoms with Gasteiger partial charge < -0.3 is 14.6 Å². The lowest BCUT2D eigenvalue weighted by Crippen LogP contribution is -2.25. The van der Waals surface area contributed by atoms with Crippen LogP contribution in [0.1, 0.15) is 45.6 Å². The van der Waals surface area contributed by atoms with Gasteiger partial charge in [-0.05, 0) is 24.1 Å². The molecule has 1 N–H and O–H groups in total. The fraction of sp³-hybridized carbons (Fsp3) is 0.588. The minimum absolute atomic E-state index is 0.0379. The first kappa shape index (κ1) is 17.5. The van der Waals surface area contributed by atoms with Crippen LogP contribution >= 0.6 is 0 Å². The summed E-state index contributed by atoms with van der Waals surface area (Å²) in [6.07, 6.45) is 2.20. The monoisotopic (exact) mass is 294 g/mol. The minimum atomic E-state index is -0.834. The molecule has 4 heteroatoms. The zero-order valence-corrected chi connectivity index (χ0v) is 13.2. The Kier molecular flexibility index (Phi) is 7.23. The molecule has 1 aromatic rings. The molecule has 0 amide bonds. The van der Waals surface area contributed by atoms with Crippen molar-refractivity contribution in [3.05, 3.63) is 29.8 Å². The summed E-state index contributed by atoms with van der Waals surface area (Å²) in [4.78, 5) is 10.5. The minimum Gasteiger partial charge on any atom is -0.494 e. The van der Waals surface area contributed by atoms with Crippen LogP contribution in [0.3, 0.4) is 0 Å². The first-order valence-electron chi connectivity index (χ1n) is 7.48. The third-order valence-corrected chi connectivity index (χ3v) is 3.31. The second kappa shape index (κ2) is 8.67. The van der Waals surface area contributed by atoms with Gasteiger partial charge in [0.05, 0.1) is 26.2 Å². The summed E-state index contributed by atoms with van der Waals surface area (Å²) in [6.45, 7) is 7.76. The molecular weight excluding hydrogens is 268 g/mol. The highest BCUT2D eigenvalue weighted by atomic mass is 16.5. The quantitative estimate of drug-likeness (QED) is 0.669. The maximum absolute atomic E-state index is 10.5. The van der Waals surface area contributed by atoms with Gasteiger partial charge in [0, 0.05) is 5.41 Å². The standard InChI is InChI=1S/C17H26O4/c1-4-5-10-21-15-8-6-7-14(12-15)17(2,3)13-20-11-9-16(18)19/h6-8,12H,4-5,9-11,13H2,1-3H3,(H,18,19). The van der Waals surface area contributed by atoms with Gasteiger partial charge in [-0.15, -0.1) is 0 Å². The van der Waals surface area contributed by atoms with Gasteiger partial charge in [-0.2, -0.15) is 0 Å². The number of carboxylic acid groups (broad SMARTS) is 1. The molecule has 4 nitrogen and oxygen atoms in total. The van der Waals surface area contributed by atoms with Crippen molar-refractivity contribution >= 4 is 5.97 Å². The number of aliphatic carboxylic acids is 1. The second-order valence-electron chi connectivity index (χ2n) is 5.81. The number of hydrogen-bond acceptors (Lipinski definition) is 3. The Hall–Kier alpha value is -1.55. The maximum atomic E-state index is 10.5. The fourth-order valence-electron chi connectivity index (χ4n) is 1.91. The van der Waals surface area contributed by atoms with Crippen LogP contribution in [0.25, 0.3) is 0 Å². The summed E-state index contributed by atoms with van der Waals surface area (Å²) in [6, 6.07) is 8.03. The average molecular weight is 294 g/mol. The van der Waals surface area contributed by atoms with E-state index in [1.807, 2.05) is 24.3 Å². The predicted molar refractivity (Wildman–Crippen MR) is 82.9 cm³/mol. The van der Waals surface area contributed by atoms with E-state index in [1.54, 1.807) is 0 Å². The van der Waals surface area contributed by atoms with Crippen LogP contribution < -0.4 is 4.74 Å². The highest BCUT2D eigenvalue weighted by Crippen LogP contribution is 2.27. The number of benzene rings is 1. The number of unbranched alkanes of at least 4 members (excludes halogenated alkanes) is 1. The molecule has 1 aromatic carbocycles. The van der Waals surface area contributed by atoms with E-state index in [1.165, 1.54) is 0 Å². The van der Waals surface area contributed by atoms with Crippen molar-refractivity contribution < 1.29 is 19.4 Å². The lowest BCUT2D eigenvalue weighted by Gasteiger charge is -2.25. The summed E-state index contributed by atoms with van der Waals surface area (Å²) < 4.78 is 11.2. The fourth-order valence-corrected chi connectivity index (χ4v) is 1.91. The highest BCUT2D eigenvalue weighted by molar-refractivity contribution is 5.66. The van der Waals surface area contributed by atoms with Crippen molar-refractivity contribution in [2.75, 3.05) is 19.8 Å². The van der Waals surface area contributed by atoms with Crippen molar-refractivity contribution in [3.8, 4) is 5.75 Å². The van der Waals surface area contributed by atoms with Crippen LogP contribution in [-0.4, -0.2) is 30.9 Å². The molecule has 0 spiro atoms. The molecule has 0 saturated heterocycles. The van der Waals surface area contributed by atoms with E-state index in [2.05, 4.69) is 20.8 Å². The topological polar surface area (TPSA) is 55.8 Å². The molecular formula is C17H26O4. The number of hydrogen-bond donors (Lipinski definition) is 1. The van der Waals surface area contributed by atoms with E-state index >= 15 is 0 Å². The number of carboxylic acids is 1. The normalized spacial score (nSPS) is 11.4. The van der Waals surface area contributed by atoms with Crippen molar-refractivity contribution in [2.24, 2.45) is 0 Å². The van der Waals surface area contributed by atoms with Crippen LogP contribution in [0, 0.1) is 0 Å². The molecule has 21 heavy (non-hydrogen) atoms. The van der Waals surface area contributed by atoms with Gasteiger partial charge in [0.1, 0.15) is 5.75 Å². The Morgan fingerprint density at radius 3 is 2.71 bits per heavy atom. The maximum Gasteiger partial charge on any atom is 0.305 e. The first-order valence-corrected chi connectivity index (χ1v) is 7.48. The molecule has 0 saturated carbocycles. The van der Waals surface area contributed by atoms with Crippen molar-refractivity contribution in [3.63, 3.8) is 0 Å². The molecule has 0 atom stereocenters. The molecule has 118 valence electrons. The zero-order chi connectivity index (χ0) is 15.7. The Morgan fingerprint density at radius 1 is 1.29 bits per heavy atom. The summed E-state index contributed by atoms with van der Waals surface area (Å²) in [5, 5.41) is 8.60. The molecule has 1 rings (SSSR count). The summed E-state index contributed by atoms with van der Waals surface area (Å²) >= 11 is 0. The predicted octanol–water partition coefficient (Wildman–Crippen LogP) is 3.63. The summed E-state index contributed by atoms with van der Waals surface area (Å²) in [5.41, 5.74) is 0.953. The van der Waals surface area contributed by atoms with Crippen molar-refractivity contribution in [1.82, 2.24) is 0 Å². The van der Waals surface area contributed by atoms with Crippen molar-refractivity contribution in [2.45, 2.75) is 45.4 Å².